The van der Waals surface area contributed by atoms with Gasteiger partial charge in [-0.1, -0.05) is 48.5 Å². The highest BCUT2D eigenvalue weighted by Crippen LogP contribution is 2.31. The van der Waals surface area contributed by atoms with Crippen molar-refractivity contribution in [2.75, 3.05) is 13.2 Å². The van der Waals surface area contributed by atoms with E-state index in [1.807, 2.05) is 60.0 Å². The van der Waals surface area contributed by atoms with E-state index in [9.17, 15) is 29.8 Å². The highest BCUT2D eigenvalue weighted by Gasteiger charge is 2.24. The molecule has 20 nitrogen and oxygen atoms in total. The Morgan fingerprint density at radius 3 is 2.47 bits per heavy atom. The van der Waals surface area contributed by atoms with E-state index in [2.05, 4.69) is 35.3 Å². The Labute approximate surface area is 284 Å². The molecule has 6 rings (SSSR count). The number of rotatable bonds is 16. The van der Waals surface area contributed by atoms with E-state index >= 15 is 0 Å². The molecule has 1 unspecified atom stereocenters. The molecule has 3 heterocycles. The summed E-state index contributed by atoms with van der Waals surface area (Å²) >= 11 is 0. The predicted molar refractivity (Wildman–Crippen MR) is 170 cm³/mol. The molecule has 0 aliphatic rings. The highest BCUT2D eigenvalue weighted by molar-refractivity contribution is 5.94. The minimum atomic E-state index is -1.54. The molecule has 1 N–H and O–H groups in total. The van der Waals surface area contributed by atoms with E-state index in [4.69, 9.17) is 18.3 Å². The van der Waals surface area contributed by atoms with E-state index in [0.717, 1.165) is 22.3 Å². The Bertz CT molecular complexity index is 2230. The number of aromatic nitrogens is 6. The third kappa shape index (κ3) is 7.96. The lowest BCUT2D eigenvalue weighted by Crippen LogP contribution is -2.27. The normalized spacial score (nSPS) is 11.6. The molecule has 262 valence electrons. The van der Waals surface area contributed by atoms with Gasteiger partial charge in [0, 0.05) is 12.0 Å². The molecule has 6 aromatic rings. The maximum Gasteiger partial charge on any atom is 0.519 e. The summed E-state index contributed by atoms with van der Waals surface area (Å²) in [5.74, 6) is -2.09. The van der Waals surface area contributed by atoms with Gasteiger partial charge in [-0.05, 0) is 47.0 Å². The van der Waals surface area contributed by atoms with Crippen molar-refractivity contribution in [3.8, 4) is 28.5 Å². The number of carbonyl (C=O) groups excluding carboxylic acids is 1. The first-order valence-corrected chi connectivity index (χ1v) is 15.1. The van der Waals surface area contributed by atoms with Gasteiger partial charge in [-0.25, -0.2) is 9.59 Å². The topological polar surface area (TPSA) is 256 Å². The summed E-state index contributed by atoms with van der Waals surface area (Å²) in [6.07, 6.45) is -2.07. The fourth-order valence-electron chi connectivity index (χ4n) is 5.21. The molecule has 3 aromatic heterocycles. The number of hydrogen-bond donors (Lipinski definition) is 1. The van der Waals surface area contributed by atoms with Crippen LogP contribution < -0.4 is 10.6 Å². The lowest BCUT2D eigenvalue weighted by Gasteiger charge is -2.12. The smallest absolute Gasteiger partial charge is 0.465 e. The molecule has 1 atom stereocenters. The number of hydrogen-bond acceptors (Lipinski definition) is 16. The van der Waals surface area contributed by atoms with Crippen molar-refractivity contribution in [2.45, 2.75) is 32.6 Å². The van der Waals surface area contributed by atoms with Gasteiger partial charge in [0.15, 0.2) is 18.1 Å². The molecular formula is C31H26N8O12. The Morgan fingerprint density at radius 2 is 1.76 bits per heavy atom. The van der Waals surface area contributed by atoms with E-state index in [1.165, 1.54) is 6.07 Å². The number of benzene rings is 3. The number of carbonyl (C=O) groups is 1. The van der Waals surface area contributed by atoms with Crippen molar-refractivity contribution < 1.29 is 43.0 Å². The molecule has 0 radical (unpaired) electrons. The van der Waals surface area contributed by atoms with Gasteiger partial charge in [0.05, 0.1) is 29.7 Å². The molecule has 0 amide bonds. The van der Waals surface area contributed by atoms with Gasteiger partial charge in [0.2, 0.25) is 5.82 Å². The molecule has 0 aliphatic heterocycles. The van der Waals surface area contributed by atoms with Gasteiger partial charge in [-0.2, -0.15) is 10.2 Å². The third-order valence-corrected chi connectivity index (χ3v) is 7.41. The summed E-state index contributed by atoms with van der Waals surface area (Å²) in [7, 11) is 0. The van der Waals surface area contributed by atoms with Crippen molar-refractivity contribution in [3.05, 3.63) is 120 Å². The standard InChI is InChI=1S/C31H26N8O12/c1-2-46-30-32-24-12-11-20(29(40)47-17-27-26(49-31(41)50-27)14-21(51-39(44)45)16-48-38(42)43)13-25(24)37(30)15-18-7-9-19(10-8-18)22-5-3-4-6-23(22)28-33-35-36-34-28/h3-13,21H,2,14-17H2,1H3,(H,33,34,35,36). The maximum absolute atomic E-state index is 13.2. The number of ether oxygens (including phenoxy) is 2. The van der Waals surface area contributed by atoms with Crippen LogP contribution in [0.1, 0.15) is 34.4 Å². The minimum Gasteiger partial charge on any atom is -0.465 e. The van der Waals surface area contributed by atoms with Crippen molar-refractivity contribution in [3.63, 3.8) is 0 Å². The monoisotopic (exact) mass is 702 g/mol. The summed E-state index contributed by atoms with van der Waals surface area (Å²) in [6.45, 7) is 1.05. The maximum atomic E-state index is 13.2. The number of H-pyrrole nitrogens is 1. The number of esters is 1. The van der Waals surface area contributed by atoms with E-state index in [0.29, 0.717) is 36.0 Å². The molecule has 3 aromatic carbocycles. The summed E-state index contributed by atoms with van der Waals surface area (Å²) in [6, 6.07) is 20.6. The second-order valence-electron chi connectivity index (χ2n) is 10.6. The van der Waals surface area contributed by atoms with Crippen LogP contribution in [0.3, 0.4) is 0 Å². The van der Waals surface area contributed by atoms with Crippen LogP contribution >= 0.6 is 0 Å². The number of nitrogens with one attached hydrogen (secondary N) is 1. The first kappa shape index (κ1) is 33.8. The van der Waals surface area contributed by atoms with Crippen LogP contribution in [0.15, 0.2) is 80.4 Å². The Hall–Kier alpha value is -7.12. The lowest BCUT2D eigenvalue weighted by atomic mass is 9.98. The van der Waals surface area contributed by atoms with Crippen molar-refractivity contribution >= 4 is 17.0 Å². The van der Waals surface area contributed by atoms with Gasteiger partial charge in [0.25, 0.3) is 16.2 Å². The van der Waals surface area contributed by atoms with Crippen molar-refractivity contribution in [1.82, 2.24) is 30.2 Å². The molecule has 0 fully saturated rings. The average molecular weight is 703 g/mol. The summed E-state index contributed by atoms with van der Waals surface area (Å²) in [5.41, 5.74) is 4.84. The van der Waals surface area contributed by atoms with Gasteiger partial charge < -0.3 is 28.0 Å². The van der Waals surface area contributed by atoms with Gasteiger partial charge in [-0.15, -0.1) is 30.4 Å². The number of tetrazole rings is 1. The van der Waals surface area contributed by atoms with Crippen molar-refractivity contribution in [2.24, 2.45) is 0 Å². The molecule has 0 aliphatic carbocycles. The number of fused-ring (bicyclic) bond motifs is 1. The van der Waals surface area contributed by atoms with Crippen LogP contribution in [0.4, 0.5) is 0 Å². The Kier molecular flexibility index (Phi) is 9.91. The van der Waals surface area contributed by atoms with Gasteiger partial charge in [0.1, 0.15) is 12.7 Å². The first-order chi connectivity index (χ1) is 24.7. The Balaban J connectivity index is 1.20. The fourth-order valence-corrected chi connectivity index (χ4v) is 5.21. The molecule has 0 bridgehead atoms. The van der Waals surface area contributed by atoms with Crippen LogP contribution in [-0.2, 0) is 34.0 Å². The lowest BCUT2D eigenvalue weighted by molar-refractivity contribution is -0.790. The van der Waals surface area contributed by atoms with Crippen LogP contribution in [0.25, 0.3) is 33.5 Å². The zero-order valence-electron chi connectivity index (χ0n) is 26.5. The fraction of sp³-hybridized carbons (Fsp3) is 0.226. The van der Waals surface area contributed by atoms with Gasteiger partial charge >= 0.3 is 11.8 Å². The Morgan fingerprint density at radius 1 is 1.00 bits per heavy atom. The predicted octanol–water partition coefficient (Wildman–Crippen LogP) is 3.56. The molecule has 51 heavy (non-hydrogen) atoms. The molecule has 0 saturated heterocycles. The number of imidazole rings is 1. The zero-order valence-corrected chi connectivity index (χ0v) is 26.5. The summed E-state index contributed by atoms with van der Waals surface area (Å²) < 4.78 is 22.8. The highest BCUT2D eigenvalue weighted by atomic mass is 17.0. The van der Waals surface area contributed by atoms with E-state index < -0.39 is 47.7 Å². The quantitative estimate of drug-likeness (QED) is 0.0859. The largest absolute Gasteiger partial charge is 0.519 e. The summed E-state index contributed by atoms with van der Waals surface area (Å²) in [4.78, 5) is 59.5. The number of nitrogens with zero attached hydrogens (tertiary/aromatic N) is 7. The van der Waals surface area contributed by atoms with Crippen molar-refractivity contribution in [1.29, 1.82) is 0 Å². The summed E-state index contributed by atoms with van der Waals surface area (Å²) in [5, 5.41) is 33.4. The molecule has 0 spiro atoms. The van der Waals surface area contributed by atoms with Crippen LogP contribution in [-0.4, -0.2) is 65.6 Å². The number of aromatic amines is 1. The van der Waals surface area contributed by atoms with Gasteiger partial charge in [-0.3, -0.25) is 4.57 Å². The SMILES string of the molecule is CCOc1nc2ccc(C(=O)OCc3oc(=O)oc3CC(CO[N+](=O)[O-])O[N+](=O)[O-])cc2n1Cc1ccc(-c2ccccc2-c2nn[nH]n2)cc1. The van der Waals surface area contributed by atoms with Crippen LogP contribution in [0.2, 0.25) is 0 Å². The second kappa shape index (κ2) is 15.0. The van der Waals surface area contributed by atoms with Crippen LogP contribution in [0, 0.1) is 20.2 Å². The van der Waals surface area contributed by atoms with E-state index in [-0.39, 0.29) is 17.1 Å². The molecule has 20 heteroatoms. The second-order valence-corrected chi connectivity index (χ2v) is 10.6. The van der Waals surface area contributed by atoms with E-state index in [1.54, 1.807) is 12.1 Å². The minimum absolute atomic E-state index is 0.126. The average Bonchev–Trinajstić information content (AvgIpc) is 3.86. The molecular weight excluding hydrogens is 676 g/mol. The van der Waals surface area contributed by atoms with Crippen LogP contribution in [0.5, 0.6) is 6.01 Å². The zero-order chi connectivity index (χ0) is 35.9. The third-order valence-electron chi connectivity index (χ3n) is 7.41. The first-order valence-electron chi connectivity index (χ1n) is 15.1. The molecule has 0 saturated carbocycles.